The fraction of sp³-hybridized carbons (Fsp3) is 0.194. The molecular formula is C31H30FN9O14S4. The Hall–Kier alpha value is -5.88. The average molecular weight is 900 g/mol. The van der Waals surface area contributed by atoms with Crippen LogP contribution in [0.4, 0.5) is 44.7 Å². The van der Waals surface area contributed by atoms with Gasteiger partial charge in [0, 0.05) is 24.2 Å². The third-order valence-corrected chi connectivity index (χ3v) is 11.6. The minimum Gasteiger partial charge on any atom is -0.506 e. The lowest BCUT2D eigenvalue weighted by molar-refractivity contribution is 0.284. The zero-order valence-corrected chi connectivity index (χ0v) is 33.6. The Labute approximate surface area is 334 Å². The molecule has 4 aromatic carbocycles. The van der Waals surface area contributed by atoms with Gasteiger partial charge < -0.3 is 20.4 Å². The molecule has 0 radical (unpaired) electrons. The van der Waals surface area contributed by atoms with E-state index in [0.29, 0.717) is 39.7 Å². The van der Waals surface area contributed by atoms with Crippen LogP contribution in [-0.2, 0) is 44.7 Å². The number of fused-ring (bicyclic) bond motifs is 1. The monoisotopic (exact) mass is 899 g/mol. The van der Waals surface area contributed by atoms with Crippen LogP contribution in [0.3, 0.4) is 0 Å². The van der Waals surface area contributed by atoms with Crippen LogP contribution < -0.4 is 10.2 Å². The molecule has 0 amide bonds. The molecule has 23 nitrogen and oxygen atoms in total. The SMILES string of the molecule is Cc1cc(N=Nc2c(C)cc3cc(Nc4nc(F)nc(N(C)CS(=O)(=O)CCOS(=O)(=O)O)n4)ccc3c2O)c(O)cc1N=Nc1cc(S(=O)(=O)O)ccc1S(=O)(=O)O. The van der Waals surface area contributed by atoms with E-state index in [1.807, 2.05) is 0 Å². The zero-order chi connectivity index (χ0) is 43.7. The number of rotatable bonds is 15. The number of nitrogens with one attached hydrogen (secondary N) is 1. The molecule has 5 aromatic rings. The predicted octanol–water partition coefficient (Wildman–Crippen LogP) is 4.89. The summed E-state index contributed by atoms with van der Waals surface area (Å²) in [5, 5.41) is 41.0. The molecule has 0 unspecified atom stereocenters. The number of phenolic OH excluding ortho intramolecular Hbond substituents is 2. The molecule has 0 aliphatic heterocycles. The number of nitrogens with zero attached hydrogens (tertiary/aromatic N) is 8. The van der Waals surface area contributed by atoms with Crippen molar-refractivity contribution >= 4 is 91.6 Å². The Morgan fingerprint density at radius 2 is 1.44 bits per heavy atom. The van der Waals surface area contributed by atoms with Crippen LogP contribution in [0.25, 0.3) is 10.8 Å². The van der Waals surface area contributed by atoms with Crippen molar-refractivity contribution in [2.24, 2.45) is 20.5 Å². The van der Waals surface area contributed by atoms with Gasteiger partial charge in [-0.3, -0.25) is 13.7 Å². The molecule has 1 heterocycles. The van der Waals surface area contributed by atoms with Gasteiger partial charge in [-0.05, 0) is 78.9 Å². The molecule has 0 aliphatic rings. The molecule has 0 spiro atoms. The third-order valence-electron chi connectivity index (χ3n) is 7.81. The summed E-state index contributed by atoms with van der Waals surface area (Å²) >= 11 is 0. The molecule has 1 aromatic heterocycles. The van der Waals surface area contributed by atoms with E-state index in [9.17, 15) is 57.4 Å². The van der Waals surface area contributed by atoms with Gasteiger partial charge in [0.2, 0.25) is 11.9 Å². The van der Waals surface area contributed by atoms with Gasteiger partial charge in [-0.25, -0.2) is 12.6 Å². The first kappa shape index (κ1) is 44.2. The van der Waals surface area contributed by atoms with E-state index in [1.54, 1.807) is 19.1 Å². The van der Waals surface area contributed by atoms with Gasteiger partial charge >= 0.3 is 16.5 Å². The van der Waals surface area contributed by atoms with Crippen LogP contribution in [0.5, 0.6) is 11.5 Å². The normalized spacial score (nSPS) is 12.8. The molecule has 5 rings (SSSR count). The zero-order valence-electron chi connectivity index (χ0n) is 30.3. The first-order chi connectivity index (χ1) is 27.3. The number of anilines is 3. The number of aromatic nitrogens is 3. The number of azo groups is 2. The van der Waals surface area contributed by atoms with Gasteiger partial charge in [0.1, 0.15) is 33.6 Å². The number of hydrogen-bond acceptors (Lipinski definition) is 20. The maximum atomic E-state index is 14.4. The van der Waals surface area contributed by atoms with Gasteiger partial charge in [0.15, 0.2) is 15.6 Å². The third kappa shape index (κ3) is 11.4. The Bertz CT molecular complexity index is 3010. The van der Waals surface area contributed by atoms with E-state index < -0.39 is 92.0 Å². The van der Waals surface area contributed by atoms with Crippen molar-refractivity contribution < 1.29 is 66.1 Å². The van der Waals surface area contributed by atoms with Gasteiger partial charge in [-0.1, -0.05) is 0 Å². The lowest BCUT2D eigenvalue weighted by Crippen LogP contribution is -2.31. The molecule has 28 heteroatoms. The average Bonchev–Trinajstić information content (AvgIpc) is 3.10. The number of benzene rings is 4. The first-order valence-corrected chi connectivity index (χ1v) is 22.1. The minimum atomic E-state index is -4.90. The van der Waals surface area contributed by atoms with Crippen LogP contribution in [0.2, 0.25) is 0 Å². The highest BCUT2D eigenvalue weighted by atomic mass is 32.3. The van der Waals surface area contributed by atoms with Crippen LogP contribution in [0.15, 0.2) is 84.8 Å². The van der Waals surface area contributed by atoms with Crippen LogP contribution in [-0.4, -0.2) is 97.8 Å². The topological polar surface area (TPSA) is 350 Å². The van der Waals surface area contributed by atoms with Gasteiger partial charge in [-0.2, -0.15) is 49.7 Å². The smallest absolute Gasteiger partial charge is 0.397 e. The van der Waals surface area contributed by atoms with Crippen molar-refractivity contribution in [3.63, 3.8) is 0 Å². The molecule has 0 saturated carbocycles. The summed E-state index contributed by atoms with van der Waals surface area (Å²) in [5.41, 5.74) is 0.284. The fourth-order valence-corrected chi connectivity index (χ4v) is 7.80. The molecule has 0 bridgehead atoms. The Kier molecular flexibility index (Phi) is 12.6. The Morgan fingerprint density at radius 1 is 0.763 bits per heavy atom. The Balaban J connectivity index is 1.35. The van der Waals surface area contributed by atoms with Crippen molar-refractivity contribution in [1.29, 1.82) is 0 Å². The van der Waals surface area contributed by atoms with Crippen LogP contribution in [0, 0.1) is 19.9 Å². The number of aromatic hydroxyl groups is 2. The number of sulfone groups is 1. The summed E-state index contributed by atoms with van der Waals surface area (Å²) in [7, 11) is -17.3. The van der Waals surface area contributed by atoms with Crippen molar-refractivity contribution in [2.45, 2.75) is 23.6 Å². The molecule has 314 valence electrons. The maximum Gasteiger partial charge on any atom is 0.397 e. The minimum absolute atomic E-state index is 0.0159. The summed E-state index contributed by atoms with van der Waals surface area (Å²) in [6.07, 6.45) is -1.26. The highest BCUT2D eigenvalue weighted by Gasteiger charge is 2.22. The highest BCUT2D eigenvalue weighted by Crippen LogP contribution is 2.42. The van der Waals surface area contributed by atoms with Crippen molar-refractivity contribution in [3.05, 3.63) is 71.8 Å². The fourth-order valence-electron chi connectivity index (χ4n) is 5.12. The van der Waals surface area contributed by atoms with Crippen LogP contribution >= 0.6 is 0 Å². The summed E-state index contributed by atoms with van der Waals surface area (Å²) in [5.74, 6) is -3.11. The van der Waals surface area contributed by atoms with Crippen molar-refractivity contribution in [3.8, 4) is 11.5 Å². The number of hydrogen-bond donors (Lipinski definition) is 6. The van der Waals surface area contributed by atoms with E-state index in [1.165, 1.54) is 32.2 Å². The number of aryl methyl sites for hydroxylation is 2. The summed E-state index contributed by atoms with van der Waals surface area (Å²) in [6, 6.07) is 10.7. The van der Waals surface area contributed by atoms with E-state index in [0.717, 1.165) is 17.0 Å². The lowest BCUT2D eigenvalue weighted by Gasteiger charge is -2.17. The van der Waals surface area contributed by atoms with E-state index in [2.05, 4.69) is 44.9 Å². The van der Waals surface area contributed by atoms with Crippen molar-refractivity contribution in [2.75, 3.05) is 35.5 Å². The van der Waals surface area contributed by atoms with Gasteiger partial charge in [0.05, 0.1) is 22.9 Å². The van der Waals surface area contributed by atoms with E-state index in [4.69, 9.17) is 4.55 Å². The number of phenols is 2. The summed E-state index contributed by atoms with van der Waals surface area (Å²) in [6.45, 7) is 2.26. The summed E-state index contributed by atoms with van der Waals surface area (Å²) < 4.78 is 139. The second-order valence-electron chi connectivity index (χ2n) is 12.3. The highest BCUT2D eigenvalue weighted by molar-refractivity contribution is 7.91. The summed E-state index contributed by atoms with van der Waals surface area (Å²) in [4.78, 5) is 10.5. The Morgan fingerprint density at radius 3 is 2.10 bits per heavy atom. The lowest BCUT2D eigenvalue weighted by atomic mass is 10.0. The second-order valence-corrected chi connectivity index (χ2v) is 18.4. The quantitative estimate of drug-likeness (QED) is 0.0601. The van der Waals surface area contributed by atoms with Gasteiger partial charge in [-0.15, -0.1) is 15.3 Å². The molecule has 0 fully saturated rings. The molecular weight excluding hydrogens is 870 g/mol. The standard InChI is InChI=1S/C31H30FN9O14S4/c1-16-11-23(25(42)14-22(16)37-39-24-13-20(57(46,47)48)5-7-26(24)58(49,50)51)38-40-27-17(2)10-18-12-19(4-6-21(18)28(27)43)33-30-34-29(32)35-31(36-30)41(3)15-56(44,45)9-8-55-59(52,53)54/h4-7,10-14,42-43H,8-9,15H2,1-3H3,(H,46,47,48)(H,49,50,51)(H,52,53,54)(H,33,34,35,36). The molecule has 0 saturated heterocycles. The van der Waals surface area contributed by atoms with E-state index >= 15 is 0 Å². The van der Waals surface area contributed by atoms with Crippen molar-refractivity contribution in [1.82, 2.24) is 15.0 Å². The molecule has 59 heavy (non-hydrogen) atoms. The van der Waals surface area contributed by atoms with Gasteiger partial charge in [0.25, 0.3) is 20.2 Å². The molecule has 6 N–H and O–H groups in total. The molecule has 0 aliphatic carbocycles. The van der Waals surface area contributed by atoms with E-state index in [-0.39, 0.29) is 28.8 Å². The van der Waals surface area contributed by atoms with Crippen LogP contribution in [0.1, 0.15) is 11.1 Å². The first-order valence-electron chi connectivity index (χ1n) is 16.0. The predicted molar refractivity (Wildman–Crippen MR) is 205 cm³/mol. The number of halogens is 1. The largest absolute Gasteiger partial charge is 0.506 e. The second kappa shape index (κ2) is 16.8. The maximum absolute atomic E-state index is 14.4. The molecule has 0 atom stereocenters.